The average molecular weight is 402 g/mol. The third-order valence-corrected chi connectivity index (χ3v) is 6.97. The number of aromatic nitrogens is 4. The van der Waals surface area contributed by atoms with Crippen LogP contribution in [0.25, 0.3) is 10.2 Å². The van der Waals surface area contributed by atoms with Gasteiger partial charge < -0.3 is 9.88 Å². The highest BCUT2D eigenvalue weighted by molar-refractivity contribution is 7.99. The molecular formula is C19H23N5OS2. The van der Waals surface area contributed by atoms with Crippen LogP contribution in [-0.2, 0) is 18.3 Å². The maximum Gasteiger partial charge on any atom is 0.236 e. The fraction of sp³-hybridized carbons (Fsp3) is 0.474. The molecule has 1 aliphatic carbocycles. The van der Waals surface area contributed by atoms with Gasteiger partial charge in [-0.2, -0.15) is 0 Å². The number of carbonyl (C=O) groups excluding carboxylic acids is 1. The van der Waals surface area contributed by atoms with Crippen LogP contribution in [-0.4, -0.2) is 31.4 Å². The molecule has 0 atom stereocenters. The van der Waals surface area contributed by atoms with Gasteiger partial charge in [0.05, 0.1) is 16.0 Å². The van der Waals surface area contributed by atoms with Gasteiger partial charge in [0.1, 0.15) is 5.82 Å². The number of thiazole rings is 1. The van der Waals surface area contributed by atoms with Crippen LogP contribution in [0.4, 0.5) is 5.13 Å². The molecule has 142 valence electrons. The van der Waals surface area contributed by atoms with Crippen molar-refractivity contribution in [3.05, 3.63) is 30.1 Å². The molecule has 6 nitrogen and oxygen atoms in total. The van der Waals surface area contributed by atoms with Crippen molar-refractivity contribution in [3.8, 4) is 0 Å². The zero-order valence-corrected chi connectivity index (χ0v) is 17.0. The normalized spacial score (nSPS) is 15.3. The van der Waals surface area contributed by atoms with Crippen LogP contribution >= 0.6 is 23.1 Å². The van der Waals surface area contributed by atoms with E-state index < -0.39 is 0 Å². The highest BCUT2D eigenvalue weighted by Crippen LogP contribution is 2.28. The van der Waals surface area contributed by atoms with E-state index in [4.69, 9.17) is 0 Å². The first kappa shape index (κ1) is 18.4. The van der Waals surface area contributed by atoms with E-state index in [-0.39, 0.29) is 5.91 Å². The summed E-state index contributed by atoms with van der Waals surface area (Å²) in [4.78, 5) is 16.7. The Kier molecular flexibility index (Phi) is 5.73. The standard InChI is InChI=1S/C19H23N5OS2/c1-24-16(11-13-7-3-2-4-8-13)22-23-19(24)26-12-17(25)21-18-20-14-9-5-6-10-15(14)27-18/h5-6,9-10,13H,2-4,7-8,11-12H2,1H3,(H,20,21,25). The van der Waals surface area contributed by atoms with Gasteiger partial charge in [0.2, 0.25) is 5.91 Å². The Hall–Kier alpha value is -1.93. The number of thioether (sulfide) groups is 1. The number of amides is 1. The van der Waals surface area contributed by atoms with Crippen molar-refractivity contribution in [1.82, 2.24) is 19.7 Å². The average Bonchev–Trinajstić information content (AvgIpc) is 3.24. The van der Waals surface area contributed by atoms with Gasteiger partial charge in [-0.1, -0.05) is 67.3 Å². The number of hydrogen-bond donors (Lipinski definition) is 1. The van der Waals surface area contributed by atoms with Crippen LogP contribution in [0.1, 0.15) is 37.9 Å². The maximum atomic E-state index is 12.3. The number of nitrogens with zero attached hydrogens (tertiary/aromatic N) is 4. The second-order valence-corrected chi connectivity index (χ2v) is 8.96. The number of para-hydroxylation sites is 1. The van der Waals surface area contributed by atoms with Crippen molar-refractivity contribution >= 4 is 44.4 Å². The van der Waals surface area contributed by atoms with Gasteiger partial charge in [-0.25, -0.2) is 4.98 Å². The van der Waals surface area contributed by atoms with E-state index >= 15 is 0 Å². The second kappa shape index (κ2) is 8.39. The number of nitrogens with one attached hydrogen (secondary N) is 1. The van der Waals surface area contributed by atoms with Crippen LogP contribution in [0.5, 0.6) is 0 Å². The summed E-state index contributed by atoms with van der Waals surface area (Å²) in [6.45, 7) is 0. The molecule has 1 saturated carbocycles. The fourth-order valence-electron chi connectivity index (χ4n) is 3.51. The Morgan fingerprint density at radius 1 is 1.26 bits per heavy atom. The van der Waals surface area contributed by atoms with Gasteiger partial charge in [0.15, 0.2) is 10.3 Å². The second-order valence-electron chi connectivity index (χ2n) is 6.99. The van der Waals surface area contributed by atoms with E-state index in [1.54, 1.807) is 0 Å². The van der Waals surface area contributed by atoms with Gasteiger partial charge in [0.25, 0.3) is 0 Å². The van der Waals surface area contributed by atoms with Crippen molar-refractivity contribution in [1.29, 1.82) is 0 Å². The number of benzene rings is 1. The molecule has 27 heavy (non-hydrogen) atoms. The minimum absolute atomic E-state index is 0.0733. The van der Waals surface area contributed by atoms with Crippen LogP contribution < -0.4 is 5.32 Å². The molecule has 0 aliphatic heterocycles. The van der Waals surface area contributed by atoms with E-state index in [1.807, 2.05) is 35.9 Å². The molecule has 0 radical (unpaired) electrons. The minimum atomic E-state index is -0.0733. The Bertz CT molecular complexity index is 896. The van der Waals surface area contributed by atoms with Gasteiger partial charge in [-0.05, 0) is 18.1 Å². The van der Waals surface area contributed by atoms with Crippen LogP contribution in [0.15, 0.2) is 29.4 Å². The number of anilines is 1. The molecule has 8 heteroatoms. The maximum absolute atomic E-state index is 12.3. The number of hydrogen-bond acceptors (Lipinski definition) is 6. The summed E-state index contributed by atoms with van der Waals surface area (Å²) in [6, 6.07) is 7.87. The predicted molar refractivity (Wildman–Crippen MR) is 110 cm³/mol. The third kappa shape index (κ3) is 4.50. The lowest BCUT2D eigenvalue weighted by Gasteiger charge is -2.20. The summed E-state index contributed by atoms with van der Waals surface area (Å²) in [5.41, 5.74) is 0.908. The molecule has 1 amide bonds. The van der Waals surface area contributed by atoms with Gasteiger partial charge in [0, 0.05) is 13.5 Å². The highest BCUT2D eigenvalue weighted by Gasteiger charge is 2.18. The monoisotopic (exact) mass is 401 g/mol. The van der Waals surface area contributed by atoms with E-state index in [0.717, 1.165) is 33.5 Å². The summed E-state index contributed by atoms with van der Waals surface area (Å²) >= 11 is 2.91. The zero-order valence-electron chi connectivity index (χ0n) is 15.4. The smallest absolute Gasteiger partial charge is 0.236 e. The molecule has 1 N–H and O–H groups in total. The van der Waals surface area contributed by atoms with Crippen LogP contribution in [0.3, 0.4) is 0 Å². The Balaban J connectivity index is 1.32. The quantitative estimate of drug-likeness (QED) is 0.624. The highest BCUT2D eigenvalue weighted by atomic mass is 32.2. The minimum Gasteiger partial charge on any atom is -0.309 e. The lowest BCUT2D eigenvalue weighted by atomic mass is 9.87. The van der Waals surface area contributed by atoms with E-state index in [0.29, 0.717) is 10.9 Å². The number of rotatable bonds is 6. The van der Waals surface area contributed by atoms with Crippen molar-refractivity contribution in [2.75, 3.05) is 11.1 Å². The SMILES string of the molecule is Cn1c(CC2CCCCC2)nnc1SCC(=O)Nc1nc2ccccc2s1. The summed E-state index contributed by atoms with van der Waals surface area (Å²) < 4.78 is 3.10. The van der Waals surface area contributed by atoms with E-state index in [1.165, 1.54) is 55.2 Å². The molecule has 1 aliphatic rings. The number of fused-ring (bicyclic) bond motifs is 1. The first-order valence-corrected chi connectivity index (χ1v) is 11.2. The van der Waals surface area contributed by atoms with Crippen molar-refractivity contribution in [3.63, 3.8) is 0 Å². The molecule has 0 unspecified atom stereocenters. The molecule has 0 bridgehead atoms. The zero-order chi connectivity index (χ0) is 18.6. The molecule has 1 aromatic carbocycles. The largest absolute Gasteiger partial charge is 0.309 e. The molecule has 2 aromatic heterocycles. The first-order chi connectivity index (χ1) is 13.2. The third-order valence-electron chi connectivity index (χ3n) is 4.99. The summed E-state index contributed by atoms with van der Waals surface area (Å²) in [6.07, 6.45) is 7.59. The molecule has 0 spiro atoms. The van der Waals surface area contributed by atoms with Crippen LogP contribution in [0.2, 0.25) is 0 Å². The lowest BCUT2D eigenvalue weighted by Crippen LogP contribution is -2.14. The van der Waals surface area contributed by atoms with Gasteiger partial charge in [-0.15, -0.1) is 10.2 Å². The Morgan fingerprint density at radius 3 is 2.89 bits per heavy atom. The summed E-state index contributed by atoms with van der Waals surface area (Å²) in [5, 5.41) is 12.9. The van der Waals surface area contributed by atoms with E-state index in [9.17, 15) is 4.79 Å². The first-order valence-electron chi connectivity index (χ1n) is 9.35. The van der Waals surface area contributed by atoms with Crippen molar-refractivity contribution in [2.24, 2.45) is 13.0 Å². The topological polar surface area (TPSA) is 72.7 Å². The molecule has 4 rings (SSSR count). The Labute approximate surface area is 166 Å². The predicted octanol–water partition coefficient (Wildman–Crippen LogP) is 4.28. The molecule has 3 aromatic rings. The van der Waals surface area contributed by atoms with Crippen molar-refractivity contribution < 1.29 is 4.79 Å². The Morgan fingerprint density at radius 2 is 2.07 bits per heavy atom. The lowest BCUT2D eigenvalue weighted by molar-refractivity contribution is -0.113. The van der Waals surface area contributed by atoms with Gasteiger partial charge in [-0.3, -0.25) is 4.79 Å². The van der Waals surface area contributed by atoms with E-state index in [2.05, 4.69) is 20.5 Å². The summed E-state index contributed by atoms with van der Waals surface area (Å²) in [5.74, 6) is 1.97. The molecule has 1 fully saturated rings. The molecule has 2 heterocycles. The molecular weight excluding hydrogens is 378 g/mol. The molecule has 0 saturated heterocycles. The van der Waals surface area contributed by atoms with Crippen molar-refractivity contribution in [2.45, 2.75) is 43.7 Å². The van der Waals surface area contributed by atoms with Gasteiger partial charge >= 0.3 is 0 Å². The van der Waals surface area contributed by atoms with Crippen LogP contribution in [0, 0.1) is 5.92 Å². The number of carbonyl (C=O) groups is 1. The summed E-state index contributed by atoms with van der Waals surface area (Å²) in [7, 11) is 1.99. The fourth-order valence-corrected chi connectivity index (χ4v) is 5.12.